The Morgan fingerprint density at radius 2 is 2.10 bits per heavy atom. The zero-order valence-corrected chi connectivity index (χ0v) is 11.8. The summed E-state index contributed by atoms with van der Waals surface area (Å²) in [6.45, 7) is 0.331. The van der Waals surface area contributed by atoms with Gasteiger partial charge in [0, 0.05) is 18.2 Å². The Bertz CT molecular complexity index is 473. The fourth-order valence-electron chi connectivity index (χ4n) is 3.17. The predicted molar refractivity (Wildman–Crippen MR) is 75.5 cm³/mol. The highest BCUT2D eigenvalue weighted by Crippen LogP contribution is 2.32. The summed E-state index contributed by atoms with van der Waals surface area (Å²) < 4.78 is 0. The molecule has 2 fully saturated rings. The number of hydrogen-bond donors (Lipinski definition) is 3. The molecule has 20 heavy (non-hydrogen) atoms. The molecular formula is C15H23N3O2. The second-order valence-corrected chi connectivity index (χ2v) is 6.30. The quantitative estimate of drug-likeness (QED) is 0.788. The minimum absolute atomic E-state index is 0.191. The standard InChI is InChI=1S/C15H23N3O2/c19-14(16-10-15(20)7-4-8-15)13-9-12(17-18-13)11-5-2-1-3-6-11/h9,11,20H,1-8,10H2,(H,16,19)(H,17,18). The Labute approximate surface area is 119 Å². The molecule has 1 aromatic heterocycles. The number of nitrogens with one attached hydrogen (secondary N) is 2. The first kappa shape index (κ1) is 13.6. The highest BCUT2D eigenvalue weighted by atomic mass is 16.3. The summed E-state index contributed by atoms with van der Waals surface area (Å²) in [5.41, 5.74) is 0.837. The van der Waals surface area contributed by atoms with Gasteiger partial charge in [-0.2, -0.15) is 5.10 Å². The molecule has 1 heterocycles. The molecule has 0 aliphatic heterocycles. The minimum atomic E-state index is -0.682. The van der Waals surface area contributed by atoms with E-state index in [0.29, 0.717) is 18.2 Å². The lowest BCUT2D eigenvalue weighted by atomic mass is 9.80. The molecule has 0 unspecified atom stereocenters. The largest absolute Gasteiger partial charge is 0.388 e. The summed E-state index contributed by atoms with van der Waals surface area (Å²) in [6, 6.07) is 1.87. The van der Waals surface area contributed by atoms with Crippen molar-refractivity contribution in [3.63, 3.8) is 0 Å². The second-order valence-electron chi connectivity index (χ2n) is 6.30. The molecule has 3 rings (SSSR count). The van der Waals surface area contributed by atoms with Crippen molar-refractivity contribution in [3.8, 4) is 0 Å². The van der Waals surface area contributed by atoms with E-state index in [9.17, 15) is 9.90 Å². The Kier molecular flexibility index (Phi) is 3.78. The van der Waals surface area contributed by atoms with Crippen LogP contribution in [0.5, 0.6) is 0 Å². The number of carbonyl (C=O) groups is 1. The SMILES string of the molecule is O=C(NCC1(O)CCC1)c1cc(C2CCCCC2)[nH]n1. The molecule has 5 nitrogen and oxygen atoms in total. The van der Waals surface area contributed by atoms with Gasteiger partial charge in [-0.15, -0.1) is 0 Å². The first-order valence-electron chi connectivity index (χ1n) is 7.72. The zero-order valence-electron chi connectivity index (χ0n) is 11.8. The van der Waals surface area contributed by atoms with Gasteiger partial charge >= 0.3 is 0 Å². The van der Waals surface area contributed by atoms with Crippen molar-refractivity contribution >= 4 is 5.91 Å². The Balaban J connectivity index is 1.56. The maximum Gasteiger partial charge on any atom is 0.271 e. The number of amides is 1. The zero-order chi connectivity index (χ0) is 14.0. The second kappa shape index (κ2) is 5.56. The van der Waals surface area contributed by atoms with E-state index in [1.165, 1.54) is 32.1 Å². The third-order valence-corrected chi connectivity index (χ3v) is 4.74. The molecule has 5 heteroatoms. The van der Waals surface area contributed by atoms with Crippen LogP contribution < -0.4 is 5.32 Å². The minimum Gasteiger partial charge on any atom is -0.388 e. The molecule has 0 spiro atoms. The molecule has 0 saturated heterocycles. The van der Waals surface area contributed by atoms with Gasteiger partial charge in [-0.25, -0.2) is 0 Å². The molecule has 1 aromatic rings. The van der Waals surface area contributed by atoms with Gasteiger partial charge in [0.25, 0.3) is 5.91 Å². The summed E-state index contributed by atoms with van der Waals surface area (Å²) in [6.07, 6.45) is 8.81. The molecule has 110 valence electrons. The number of rotatable bonds is 4. The van der Waals surface area contributed by atoms with E-state index in [4.69, 9.17) is 0 Å². The summed E-state index contributed by atoms with van der Waals surface area (Å²) in [7, 11) is 0. The number of hydrogen-bond acceptors (Lipinski definition) is 3. The van der Waals surface area contributed by atoms with Gasteiger partial charge in [-0.05, 0) is 38.2 Å². The van der Waals surface area contributed by atoms with E-state index < -0.39 is 5.60 Å². The molecule has 0 radical (unpaired) electrons. The molecule has 3 N–H and O–H groups in total. The van der Waals surface area contributed by atoms with E-state index in [2.05, 4.69) is 15.5 Å². The molecule has 0 aromatic carbocycles. The van der Waals surface area contributed by atoms with Gasteiger partial charge in [0.15, 0.2) is 0 Å². The van der Waals surface area contributed by atoms with Crippen molar-refractivity contribution in [2.24, 2.45) is 0 Å². The third-order valence-electron chi connectivity index (χ3n) is 4.74. The van der Waals surface area contributed by atoms with E-state index in [1.54, 1.807) is 0 Å². The van der Waals surface area contributed by atoms with Crippen LogP contribution in [0.2, 0.25) is 0 Å². The van der Waals surface area contributed by atoms with Crippen LogP contribution in [0.3, 0.4) is 0 Å². The van der Waals surface area contributed by atoms with Gasteiger partial charge in [0.1, 0.15) is 5.69 Å². The lowest BCUT2D eigenvalue weighted by Gasteiger charge is -2.36. The van der Waals surface area contributed by atoms with Gasteiger partial charge in [0.2, 0.25) is 0 Å². The van der Waals surface area contributed by atoms with Crippen LogP contribution in [0.25, 0.3) is 0 Å². The van der Waals surface area contributed by atoms with Gasteiger partial charge in [0.05, 0.1) is 5.60 Å². The first-order valence-corrected chi connectivity index (χ1v) is 7.72. The Hall–Kier alpha value is -1.36. The van der Waals surface area contributed by atoms with Crippen molar-refractivity contribution in [2.75, 3.05) is 6.54 Å². The molecule has 2 saturated carbocycles. The van der Waals surface area contributed by atoms with Crippen molar-refractivity contribution < 1.29 is 9.90 Å². The highest BCUT2D eigenvalue weighted by Gasteiger charge is 2.34. The topological polar surface area (TPSA) is 78.0 Å². The number of aliphatic hydroxyl groups is 1. The van der Waals surface area contributed by atoms with Crippen LogP contribution in [0.4, 0.5) is 0 Å². The molecular weight excluding hydrogens is 254 g/mol. The lowest BCUT2D eigenvalue weighted by molar-refractivity contribution is -0.0300. The van der Waals surface area contributed by atoms with Gasteiger partial charge in [-0.1, -0.05) is 19.3 Å². The van der Waals surface area contributed by atoms with E-state index in [1.807, 2.05) is 6.07 Å². The van der Waals surface area contributed by atoms with Crippen LogP contribution in [-0.2, 0) is 0 Å². The normalized spacial score (nSPS) is 22.2. The maximum atomic E-state index is 12.0. The molecule has 2 aliphatic carbocycles. The summed E-state index contributed by atoms with van der Waals surface area (Å²) in [5, 5.41) is 19.9. The summed E-state index contributed by atoms with van der Waals surface area (Å²) in [4.78, 5) is 12.0. The smallest absolute Gasteiger partial charge is 0.271 e. The van der Waals surface area contributed by atoms with Crippen LogP contribution in [0, 0.1) is 0 Å². The van der Waals surface area contributed by atoms with Crippen molar-refractivity contribution in [3.05, 3.63) is 17.5 Å². The molecule has 0 atom stereocenters. The maximum absolute atomic E-state index is 12.0. The fraction of sp³-hybridized carbons (Fsp3) is 0.733. The van der Waals surface area contributed by atoms with Crippen molar-refractivity contribution in [1.82, 2.24) is 15.5 Å². The van der Waals surface area contributed by atoms with E-state index >= 15 is 0 Å². The van der Waals surface area contributed by atoms with Crippen LogP contribution in [0.15, 0.2) is 6.07 Å². The molecule has 0 bridgehead atoms. The summed E-state index contributed by atoms with van der Waals surface area (Å²) in [5.74, 6) is 0.331. The number of aromatic nitrogens is 2. The van der Waals surface area contributed by atoms with Gasteiger partial charge < -0.3 is 10.4 Å². The van der Waals surface area contributed by atoms with E-state index in [-0.39, 0.29) is 5.91 Å². The van der Waals surface area contributed by atoms with Crippen LogP contribution >= 0.6 is 0 Å². The number of nitrogens with zero attached hydrogens (tertiary/aromatic N) is 1. The first-order chi connectivity index (χ1) is 9.66. The number of aromatic amines is 1. The average molecular weight is 277 g/mol. The van der Waals surface area contributed by atoms with E-state index in [0.717, 1.165) is 25.0 Å². The Morgan fingerprint density at radius 3 is 2.75 bits per heavy atom. The fourth-order valence-corrected chi connectivity index (χ4v) is 3.17. The lowest BCUT2D eigenvalue weighted by Crippen LogP contribution is -2.47. The van der Waals surface area contributed by atoms with Crippen molar-refractivity contribution in [1.29, 1.82) is 0 Å². The monoisotopic (exact) mass is 277 g/mol. The predicted octanol–water partition coefficient (Wildman–Crippen LogP) is 2.10. The summed E-state index contributed by atoms with van der Waals surface area (Å²) >= 11 is 0. The Morgan fingerprint density at radius 1 is 1.35 bits per heavy atom. The molecule has 2 aliphatic rings. The number of carbonyl (C=O) groups excluding carboxylic acids is 1. The third kappa shape index (κ3) is 2.87. The van der Waals surface area contributed by atoms with Crippen LogP contribution in [-0.4, -0.2) is 33.4 Å². The highest BCUT2D eigenvalue weighted by molar-refractivity contribution is 5.92. The van der Waals surface area contributed by atoms with Crippen molar-refractivity contribution in [2.45, 2.75) is 62.9 Å². The molecule has 1 amide bonds. The average Bonchev–Trinajstić information content (AvgIpc) is 2.93. The van der Waals surface area contributed by atoms with Gasteiger partial charge in [-0.3, -0.25) is 9.89 Å². The number of H-pyrrole nitrogens is 1. The van der Waals surface area contributed by atoms with Crippen LogP contribution in [0.1, 0.15) is 73.5 Å².